The van der Waals surface area contributed by atoms with Gasteiger partial charge in [-0.1, -0.05) is 24.3 Å². The van der Waals surface area contributed by atoms with Gasteiger partial charge in [0.05, 0.1) is 12.3 Å². The second-order valence-corrected chi connectivity index (χ2v) is 9.61. The van der Waals surface area contributed by atoms with Gasteiger partial charge in [-0.05, 0) is 60.6 Å². The molecule has 3 aromatic rings. The molecule has 0 saturated carbocycles. The van der Waals surface area contributed by atoms with Gasteiger partial charge in [-0.15, -0.1) is 0 Å². The number of aliphatic hydroxyl groups excluding tert-OH is 1. The topological polar surface area (TPSA) is 127 Å². The summed E-state index contributed by atoms with van der Waals surface area (Å²) in [6.07, 6.45) is 4.63. The lowest BCUT2D eigenvalue weighted by molar-refractivity contribution is 0.186. The molecule has 0 amide bonds. The average Bonchev–Trinajstić information content (AvgIpc) is 3.07. The van der Waals surface area contributed by atoms with Crippen LogP contribution >= 0.6 is 11.8 Å². The molecule has 166 valence electrons. The van der Waals surface area contributed by atoms with Crippen LogP contribution < -0.4 is 16.4 Å². The van der Waals surface area contributed by atoms with Crippen LogP contribution in [0.1, 0.15) is 41.4 Å². The van der Waals surface area contributed by atoms with Crippen molar-refractivity contribution in [2.24, 2.45) is 11.1 Å². The highest BCUT2D eigenvalue weighted by Crippen LogP contribution is 2.51. The summed E-state index contributed by atoms with van der Waals surface area (Å²) < 4.78 is 0. The molecule has 9 heteroatoms. The van der Waals surface area contributed by atoms with Crippen molar-refractivity contribution in [1.82, 2.24) is 19.9 Å². The molecule has 1 aliphatic heterocycles. The fraction of sp³-hybridized carbons (Fsp3) is 0.391. The zero-order valence-electron chi connectivity index (χ0n) is 18.0. The van der Waals surface area contributed by atoms with Crippen LogP contribution in [0.25, 0.3) is 0 Å². The number of aryl methyl sites for hydroxylation is 1. The van der Waals surface area contributed by atoms with Crippen molar-refractivity contribution in [2.75, 3.05) is 23.7 Å². The molecule has 3 heterocycles. The summed E-state index contributed by atoms with van der Waals surface area (Å²) in [5, 5.41) is 11.4. The first kappa shape index (κ1) is 21.1. The van der Waals surface area contributed by atoms with E-state index in [1.54, 1.807) is 12.3 Å². The highest BCUT2D eigenvalue weighted by molar-refractivity contribution is 7.99. The third-order valence-corrected chi connectivity index (χ3v) is 7.75. The minimum absolute atomic E-state index is 0.0741. The van der Waals surface area contributed by atoms with Crippen LogP contribution in [0.2, 0.25) is 0 Å². The number of benzene rings is 1. The lowest BCUT2D eigenvalue weighted by Gasteiger charge is -2.43. The maximum Gasteiger partial charge on any atom is 0.221 e. The zero-order chi connectivity index (χ0) is 22.3. The predicted octanol–water partition coefficient (Wildman–Crippen LogP) is 2.64. The van der Waals surface area contributed by atoms with E-state index in [2.05, 4.69) is 39.1 Å². The molecule has 0 radical (unpaired) electrons. The van der Waals surface area contributed by atoms with Gasteiger partial charge in [0.1, 0.15) is 15.7 Å². The van der Waals surface area contributed by atoms with Crippen molar-refractivity contribution in [1.29, 1.82) is 0 Å². The van der Waals surface area contributed by atoms with Gasteiger partial charge in [0.25, 0.3) is 0 Å². The number of piperidine rings is 1. The zero-order valence-corrected chi connectivity index (χ0v) is 18.8. The number of hydrogen-bond acceptors (Lipinski definition) is 9. The van der Waals surface area contributed by atoms with Gasteiger partial charge < -0.3 is 21.5 Å². The number of aromatic nitrogens is 4. The Morgan fingerprint density at radius 3 is 2.66 bits per heavy atom. The second kappa shape index (κ2) is 8.31. The van der Waals surface area contributed by atoms with Crippen LogP contribution in [0.3, 0.4) is 0 Å². The minimum atomic E-state index is -0.172. The third-order valence-electron chi connectivity index (χ3n) is 6.73. The van der Waals surface area contributed by atoms with Crippen LogP contribution in [0.15, 0.2) is 46.6 Å². The van der Waals surface area contributed by atoms with Crippen molar-refractivity contribution in [3.8, 4) is 0 Å². The standard InChI is InChI=1S/C23H27N7OS/c1-14-21(32-18-6-9-26-22(25)29-18)28-17(13-31)20(27-14)30-10-7-23(8-11-30)12-15-4-2-3-5-16(15)19(23)24/h2-6,9,19,31H,7-8,10-13,24H2,1H3,(H2,25,26,29)/t19-/m1/s1. The Morgan fingerprint density at radius 2 is 1.94 bits per heavy atom. The summed E-state index contributed by atoms with van der Waals surface area (Å²) >= 11 is 1.37. The largest absolute Gasteiger partial charge is 0.390 e. The summed E-state index contributed by atoms with van der Waals surface area (Å²) in [4.78, 5) is 19.9. The minimum Gasteiger partial charge on any atom is -0.390 e. The molecule has 32 heavy (non-hydrogen) atoms. The SMILES string of the molecule is Cc1nc(N2CCC3(CC2)Cc2ccccc2[C@H]3N)c(CO)nc1Sc1ccnc(N)n1. The van der Waals surface area contributed by atoms with Gasteiger partial charge >= 0.3 is 0 Å². The summed E-state index contributed by atoms with van der Waals surface area (Å²) in [6, 6.07) is 10.4. The normalized spacial score (nSPS) is 19.3. The van der Waals surface area contributed by atoms with E-state index in [4.69, 9.17) is 21.4 Å². The Hall–Kier alpha value is -2.75. The molecule has 5 rings (SSSR count). The molecule has 1 aliphatic carbocycles. The van der Waals surface area contributed by atoms with E-state index >= 15 is 0 Å². The molecule has 0 unspecified atom stereocenters. The molecule has 8 nitrogen and oxygen atoms in total. The molecule has 1 spiro atoms. The fourth-order valence-electron chi connectivity index (χ4n) is 4.96. The number of aliphatic hydroxyl groups is 1. The summed E-state index contributed by atoms with van der Waals surface area (Å²) in [5.41, 5.74) is 16.6. The maximum absolute atomic E-state index is 10.0. The monoisotopic (exact) mass is 449 g/mol. The van der Waals surface area contributed by atoms with E-state index in [0.29, 0.717) is 15.7 Å². The Balaban J connectivity index is 1.35. The first-order valence-corrected chi connectivity index (χ1v) is 11.6. The predicted molar refractivity (Wildman–Crippen MR) is 124 cm³/mol. The number of rotatable bonds is 4. The van der Waals surface area contributed by atoms with Crippen LogP contribution in [0, 0.1) is 12.3 Å². The molecule has 1 fully saturated rings. The quantitative estimate of drug-likeness (QED) is 0.515. The third kappa shape index (κ3) is 3.70. The van der Waals surface area contributed by atoms with Crippen molar-refractivity contribution in [2.45, 2.75) is 48.9 Å². The van der Waals surface area contributed by atoms with E-state index < -0.39 is 0 Å². The van der Waals surface area contributed by atoms with E-state index in [9.17, 15) is 5.11 Å². The Labute approximate surface area is 191 Å². The van der Waals surface area contributed by atoms with Crippen LogP contribution in [0.4, 0.5) is 11.8 Å². The van der Waals surface area contributed by atoms with Gasteiger partial charge in [-0.3, -0.25) is 0 Å². The van der Waals surface area contributed by atoms with Crippen LogP contribution in [-0.4, -0.2) is 38.1 Å². The second-order valence-electron chi connectivity index (χ2n) is 8.60. The van der Waals surface area contributed by atoms with Gasteiger partial charge in [-0.2, -0.15) is 0 Å². The number of anilines is 2. The smallest absolute Gasteiger partial charge is 0.221 e. The average molecular weight is 450 g/mol. The van der Waals surface area contributed by atoms with Crippen LogP contribution in [0.5, 0.6) is 0 Å². The Morgan fingerprint density at radius 1 is 1.16 bits per heavy atom. The maximum atomic E-state index is 10.0. The number of nitrogen functional groups attached to an aromatic ring is 1. The van der Waals surface area contributed by atoms with E-state index in [1.165, 1.54) is 22.9 Å². The van der Waals surface area contributed by atoms with Crippen molar-refractivity contribution in [3.63, 3.8) is 0 Å². The van der Waals surface area contributed by atoms with Gasteiger partial charge in [0.2, 0.25) is 5.95 Å². The molecule has 5 N–H and O–H groups in total. The molecule has 2 aromatic heterocycles. The number of hydrogen-bond donors (Lipinski definition) is 3. The van der Waals surface area contributed by atoms with Gasteiger partial charge in [-0.25, -0.2) is 19.9 Å². The summed E-state index contributed by atoms with van der Waals surface area (Å²) in [6.45, 7) is 3.45. The van der Waals surface area contributed by atoms with E-state index in [0.717, 1.165) is 43.9 Å². The molecular formula is C23H27N7OS. The van der Waals surface area contributed by atoms with Crippen molar-refractivity contribution >= 4 is 23.5 Å². The first-order valence-electron chi connectivity index (χ1n) is 10.8. The highest BCUT2D eigenvalue weighted by atomic mass is 32.2. The Kier molecular flexibility index (Phi) is 5.48. The van der Waals surface area contributed by atoms with Crippen molar-refractivity contribution < 1.29 is 5.11 Å². The molecule has 1 saturated heterocycles. The molecule has 1 atom stereocenters. The van der Waals surface area contributed by atoms with Crippen molar-refractivity contribution in [3.05, 3.63) is 59.0 Å². The van der Waals surface area contributed by atoms with E-state index in [-0.39, 0.29) is 24.0 Å². The fourth-order valence-corrected chi connectivity index (χ4v) is 5.78. The molecule has 2 aliphatic rings. The molecule has 0 bridgehead atoms. The summed E-state index contributed by atoms with van der Waals surface area (Å²) in [7, 11) is 0. The van der Waals surface area contributed by atoms with Gasteiger partial charge in [0, 0.05) is 25.3 Å². The number of fused-ring (bicyclic) bond motifs is 1. The summed E-state index contributed by atoms with van der Waals surface area (Å²) in [5.74, 6) is 0.976. The highest BCUT2D eigenvalue weighted by Gasteiger charge is 2.46. The number of nitrogens with zero attached hydrogens (tertiary/aromatic N) is 5. The molecular weight excluding hydrogens is 422 g/mol. The first-order chi connectivity index (χ1) is 15.5. The van der Waals surface area contributed by atoms with Crippen LogP contribution in [-0.2, 0) is 13.0 Å². The lowest BCUT2D eigenvalue weighted by Crippen LogP contribution is -2.45. The van der Waals surface area contributed by atoms with Gasteiger partial charge in [0.15, 0.2) is 5.82 Å². The Bertz CT molecular complexity index is 1150. The van der Waals surface area contributed by atoms with E-state index in [1.807, 2.05) is 6.92 Å². The lowest BCUT2D eigenvalue weighted by atomic mass is 9.73. The molecule has 1 aromatic carbocycles. The number of nitrogens with two attached hydrogens (primary N) is 2.